The highest BCUT2D eigenvalue weighted by Gasteiger charge is 2.31. The number of benzene rings is 4. The van der Waals surface area contributed by atoms with E-state index in [1.165, 1.54) is 6.07 Å². The Kier molecular flexibility index (Phi) is 7.53. The van der Waals surface area contributed by atoms with Gasteiger partial charge < -0.3 is 14.8 Å². The summed E-state index contributed by atoms with van der Waals surface area (Å²) in [5.41, 5.74) is 0. The van der Waals surface area contributed by atoms with E-state index in [1.807, 2.05) is 36.4 Å². The third kappa shape index (κ3) is 6.10. The normalized spacial score (nSPS) is 11.0. The van der Waals surface area contributed by atoms with Crippen molar-refractivity contribution in [3.05, 3.63) is 109 Å². The van der Waals surface area contributed by atoms with Crippen LogP contribution in [0.15, 0.2) is 123 Å². The molecule has 4 rings (SSSR count). The minimum Gasteiger partial charge on any atom is -0.744 e. The Bertz CT molecular complexity index is 1220. The van der Waals surface area contributed by atoms with Crippen molar-refractivity contribution in [2.75, 3.05) is 0 Å². The standard InChI is InChI=1S/C18H14O2S.C6H5FO3S/c19-14-11-12-18(17(20)13-14)21(15-7-3-1-4-8-15)16-9-5-2-6-10-16;7-5-1-3-6(4-2-5)11(8,9)10/h1-13H,(H-,19,20);1-4H,(H,8,9,10). The first-order chi connectivity index (χ1) is 15.3. The predicted octanol–water partition coefficient (Wildman–Crippen LogP) is 4.92. The molecule has 0 atom stereocenters. The second-order valence-corrected chi connectivity index (χ2v) is 9.87. The molecular formula is C24H19FO5S2. The Morgan fingerprint density at radius 1 is 0.719 bits per heavy atom. The summed E-state index contributed by atoms with van der Waals surface area (Å²) in [7, 11) is -4.83. The van der Waals surface area contributed by atoms with Gasteiger partial charge in [-0.2, -0.15) is 0 Å². The van der Waals surface area contributed by atoms with E-state index in [4.69, 9.17) is 0 Å². The molecule has 164 valence electrons. The monoisotopic (exact) mass is 470 g/mol. The summed E-state index contributed by atoms with van der Waals surface area (Å²) >= 11 is 0. The number of rotatable bonds is 4. The molecule has 8 heteroatoms. The first-order valence-electron chi connectivity index (χ1n) is 9.33. The van der Waals surface area contributed by atoms with Crippen LogP contribution in [0.3, 0.4) is 0 Å². The highest BCUT2D eigenvalue weighted by molar-refractivity contribution is 7.97. The molecule has 0 bridgehead atoms. The number of hydrogen-bond acceptors (Lipinski definition) is 5. The highest BCUT2D eigenvalue weighted by Crippen LogP contribution is 2.37. The van der Waals surface area contributed by atoms with E-state index in [0.29, 0.717) is 0 Å². The lowest BCUT2D eigenvalue weighted by molar-refractivity contribution is 0.441. The molecular weight excluding hydrogens is 451 g/mol. The van der Waals surface area contributed by atoms with Crippen LogP contribution in [-0.4, -0.2) is 23.2 Å². The average molecular weight is 471 g/mol. The summed E-state index contributed by atoms with van der Waals surface area (Å²) in [6.45, 7) is 0. The van der Waals surface area contributed by atoms with E-state index in [2.05, 4.69) is 24.3 Å². The third-order valence-electron chi connectivity index (χ3n) is 4.22. The molecule has 0 saturated heterocycles. The maximum absolute atomic E-state index is 12.2. The van der Waals surface area contributed by atoms with Crippen molar-refractivity contribution in [3.8, 4) is 11.5 Å². The van der Waals surface area contributed by atoms with Crippen molar-refractivity contribution < 1.29 is 27.6 Å². The third-order valence-corrected chi connectivity index (χ3v) is 7.34. The summed E-state index contributed by atoms with van der Waals surface area (Å²) < 4.78 is 43.0. The first kappa shape index (κ1) is 23.3. The molecule has 0 radical (unpaired) electrons. The summed E-state index contributed by atoms with van der Waals surface area (Å²) in [5.74, 6) is -0.385. The molecule has 0 fully saturated rings. The molecule has 0 saturated carbocycles. The molecule has 0 heterocycles. The van der Waals surface area contributed by atoms with E-state index in [0.717, 1.165) is 39.0 Å². The van der Waals surface area contributed by atoms with Crippen molar-refractivity contribution in [1.82, 2.24) is 0 Å². The van der Waals surface area contributed by atoms with Crippen LogP contribution < -0.4 is 0 Å². The van der Waals surface area contributed by atoms with Gasteiger partial charge in [0.25, 0.3) is 0 Å². The van der Waals surface area contributed by atoms with Gasteiger partial charge in [-0.05, 0) is 54.6 Å². The summed E-state index contributed by atoms with van der Waals surface area (Å²) in [6.07, 6.45) is 0. The van der Waals surface area contributed by atoms with Crippen LogP contribution in [0.4, 0.5) is 4.39 Å². The van der Waals surface area contributed by atoms with E-state index in [-0.39, 0.29) is 11.5 Å². The van der Waals surface area contributed by atoms with Crippen molar-refractivity contribution in [2.24, 2.45) is 0 Å². The van der Waals surface area contributed by atoms with Crippen molar-refractivity contribution >= 4 is 21.0 Å². The second-order valence-electron chi connectivity index (χ2n) is 6.49. The average Bonchev–Trinajstić information content (AvgIpc) is 2.77. The fourth-order valence-electron chi connectivity index (χ4n) is 2.78. The lowest BCUT2D eigenvalue weighted by atomic mass is 10.3. The molecule has 0 aliphatic carbocycles. The summed E-state index contributed by atoms with van der Waals surface area (Å²) in [5, 5.41) is 19.7. The zero-order chi connectivity index (χ0) is 23.1. The smallest absolute Gasteiger partial charge is 0.208 e. The van der Waals surface area contributed by atoms with Crippen LogP contribution in [0.25, 0.3) is 0 Å². The van der Waals surface area contributed by atoms with Gasteiger partial charge in [-0.25, -0.2) is 12.8 Å². The molecule has 0 aliphatic rings. The number of aromatic hydroxyl groups is 2. The second kappa shape index (κ2) is 10.3. The van der Waals surface area contributed by atoms with Gasteiger partial charge in [0.1, 0.15) is 32.6 Å². The topological polar surface area (TPSA) is 97.7 Å². The first-order valence-corrected chi connectivity index (χ1v) is 12.0. The Morgan fingerprint density at radius 2 is 1.22 bits per heavy atom. The van der Waals surface area contributed by atoms with Crippen LogP contribution in [-0.2, 0) is 21.0 Å². The zero-order valence-corrected chi connectivity index (χ0v) is 18.3. The van der Waals surface area contributed by atoms with E-state index < -0.39 is 31.7 Å². The Morgan fingerprint density at radius 3 is 1.66 bits per heavy atom. The molecule has 2 N–H and O–H groups in total. The Labute approximate surface area is 188 Å². The number of hydrogen-bond donors (Lipinski definition) is 2. The molecule has 0 spiro atoms. The zero-order valence-electron chi connectivity index (χ0n) is 16.6. The number of halogens is 1. The minimum absolute atomic E-state index is 0.0703. The lowest BCUT2D eigenvalue weighted by Gasteiger charge is -2.09. The van der Waals surface area contributed by atoms with E-state index in [1.54, 1.807) is 12.1 Å². The highest BCUT2D eigenvalue weighted by atomic mass is 32.2. The van der Waals surface area contributed by atoms with Gasteiger partial charge in [0.2, 0.25) is 4.90 Å². The quantitative estimate of drug-likeness (QED) is 0.326. The van der Waals surface area contributed by atoms with Crippen LogP contribution in [0.2, 0.25) is 0 Å². The molecule has 0 aliphatic heterocycles. The Balaban J connectivity index is 0.000000222. The molecule has 5 nitrogen and oxygen atoms in total. The van der Waals surface area contributed by atoms with Gasteiger partial charge in [0.05, 0.1) is 4.90 Å². The largest absolute Gasteiger partial charge is 0.744 e. The van der Waals surface area contributed by atoms with Gasteiger partial charge in [-0.1, -0.05) is 36.4 Å². The van der Waals surface area contributed by atoms with E-state index in [9.17, 15) is 27.6 Å². The van der Waals surface area contributed by atoms with Gasteiger partial charge in [0.15, 0.2) is 15.5 Å². The van der Waals surface area contributed by atoms with Crippen molar-refractivity contribution in [3.63, 3.8) is 0 Å². The molecule has 0 unspecified atom stereocenters. The number of phenolic OH excluding ortho intramolecular Hbond substituents is 2. The molecule has 4 aromatic rings. The number of phenols is 2. The predicted molar refractivity (Wildman–Crippen MR) is 119 cm³/mol. The Hall–Kier alpha value is -3.33. The van der Waals surface area contributed by atoms with Crippen LogP contribution in [0.1, 0.15) is 0 Å². The lowest BCUT2D eigenvalue weighted by Crippen LogP contribution is -2.04. The van der Waals surface area contributed by atoms with Crippen LogP contribution >= 0.6 is 0 Å². The van der Waals surface area contributed by atoms with E-state index >= 15 is 0 Å². The van der Waals surface area contributed by atoms with Crippen LogP contribution in [0, 0.1) is 5.82 Å². The SMILES string of the molecule is O=S(=O)([O-])c1ccc(F)cc1.Oc1ccc([S+](c2ccccc2)c2ccccc2)c(O)c1. The van der Waals surface area contributed by atoms with Crippen molar-refractivity contribution in [1.29, 1.82) is 0 Å². The fraction of sp³-hybridized carbons (Fsp3) is 0. The fourth-order valence-corrected chi connectivity index (χ4v) is 5.36. The van der Waals surface area contributed by atoms with Gasteiger partial charge >= 0.3 is 0 Å². The maximum Gasteiger partial charge on any atom is 0.208 e. The molecule has 0 amide bonds. The summed E-state index contributed by atoms with van der Waals surface area (Å²) in [6, 6.07) is 28.7. The molecule has 0 aromatic heterocycles. The van der Waals surface area contributed by atoms with Crippen LogP contribution in [0.5, 0.6) is 11.5 Å². The maximum atomic E-state index is 12.2. The minimum atomic E-state index is -4.44. The molecule has 32 heavy (non-hydrogen) atoms. The van der Waals surface area contributed by atoms with Gasteiger partial charge in [-0.15, -0.1) is 0 Å². The summed E-state index contributed by atoms with van der Waals surface area (Å²) in [4.78, 5) is 2.65. The molecule has 4 aromatic carbocycles. The van der Waals surface area contributed by atoms with Gasteiger partial charge in [0, 0.05) is 12.1 Å². The van der Waals surface area contributed by atoms with Gasteiger partial charge in [-0.3, -0.25) is 0 Å². The van der Waals surface area contributed by atoms with Crippen molar-refractivity contribution in [2.45, 2.75) is 19.6 Å².